The van der Waals surface area contributed by atoms with Crippen molar-refractivity contribution < 1.29 is 0 Å². The maximum atomic E-state index is 2.54. The van der Waals surface area contributed by atoms with Gasteiger partial charge < -0.3 is 0 Å². The molecule has 0 aromatic rings. The highest BCUT2D eigenvalue weighted by Crippen LogP contribution is 2.13. The predicted octanol–water partition coefficient (Wildman–Crippen LogP) is 1.79. The SMILES string of the molecule is CCCCN1CCSC1. The van der Waals surface area contributed by atoms with Gasteiger partial charge in [0.25, 0.3) is 0 Å². The van der Waals surface area contributed by atoms with Crippen molar-refractivity contribution in [2.75, 3.05) is 24.7 Å². The van der Waals surface area contributed by atoms with Gasteiger partial charge in [0.1, 0.15) is 0 Å². The zero-order valence-corrected chi connectivity index (χ0v) is 6.91. The average molecular weight is 145 g/mol. The van der Waals surface area contributed by atoms with Gasteiger partial charge in [-0.3, -0.25) is 4.90 Å². The molecule has 1 rings (SSSR count). The van der Waals surface area contributed by atoms with Crippen LogP contribution in [0.2, 0.25) is 0 Å². The molecule has 0 N–H and O–H groups in total. The smallest absolute Gasteiger partial charge is 0.0445 e. The first-order valence-electron chi connectivity index (χ1n) is 3.73. The van der Waals surface area contributed by atoms with Crippen LogP contribution in [0.4, 0.5) is 0 Å². The molecule has 1 saturated heterocycles. The Bertz CT molecular complexity index is 69.3. The summed E-state index contributed by atoms with van der Waals surface area (Å²) >= 11 is 2.06. The van der Waals surface area contributed by atoms with Crippen molar-refractivity contribution in [1.29, 1.82) is 0 Å². The molecule has 9 heavy (non-hydrogen) atoms. The molecule has 0 aromatic heterocycles. The van der Waals surface area contributed by atoms with Crippen LogP contribution in [0.1, 0.15) is 19.8 Å². The van der Waals surface area contributed by atoms with E-state index >= 15 is 0 Å². The molecule has 1 fully saturated rings. The fraction of sp³-hybridized carbons (Fsp3) is 1.00. The van der Waals surface area contributed by atoms with Crippen molar-refractivity contribution in [3.63, 3.8) is 0 Å². The zero-order chi connectivity index (χ0) is 6.53. The van der Waals surface area contributed by atoms with E-state index in [9.17, 15) is 0 Å². The van der Waals surface area contributed by atoms with Crippen molar-refractivity contribution in [3.05, 3.63) is 0 Å². The number of thioether (sulfide) groups is 1. The first kappa shape index (κ1) is 7.42. The molecule has 0 saturated carbocycles. The Labute approximate surface area is 61.8 Å². The summed E-state index contributed by atoms with van der Waals surface area (Å²) in [5.41, 5.74) is 0. The van der Waals surface area contributed by atoms with Crippen molar-refractivity contribution in [2.24, 2.45) is 0 Å². The van der Waals surface area contributed by atoms with Gasteiger partial charge in [0.05, 0.1) is 0 Å². The highest BCUT2D eigenvalue weighted by atomic mass is 32.2. The number of nitrogens with zero attached hydrogens (tertiary/aromatic N) is 1. The van der Waals surface area contributed by atoms with E-state index in [1.165, 1.54) is 37.6 Å². The Balaban J connectivity index is 1.98. The van der Waals surface area contributed by atoms with Crippen LogP contribution in [0.5, 0.6) is 0 Å². The van der Waals surface area contributed by atoms with Crippen LogP contribution in [0, 0.1) is 0 Å². The second-order valence-electron chi connectivity index (χ2n) is 2.51. The molecule has 0 spiro atoms. The molecule has 0 radical (unpaired) electrons. The lowest BCUT2D eigenvalue weighted by Gasteiger charge is -2.11. The van der Waals surface area contributed by atoms with Crippen LogP contribution in [0.25, 0.3) is 0 Å². The molecule has 0 atom stereocenters. The summed E-state index contributed by atoms with van der Waals surface area (Å²) in [5.74, 6) is 2.63. The molecule has 1 aliphatic heterocycles. The quantitative estimate of drug-likeness (QED) is 0.595. The summed E-state index contributed by atoms with van der Waals surface area (Å²) in [6.07, 6.45) is 2.71. The lowest BCUT2D eigenvalue weighted by molar-refractivity contribution is 0.349. The van der Waals surface area contributed by atoms with Gasteiger partial charge in [-0.2, -0.15) is 0 Å². The van der Waals surface area contributed by atoms with Gasteiger partial charge in [0.2, 0.25) is 0 Å². The van der Waals surface area contributed by atoms with Crippen LogP contribution in [0.15, 0.2) is 0 Å². The Morgan fingerprint density at radius 1 is 1.56 bits per heavy atom. The molecule has 1 nitrogen and oxygen atoms in total. The van der Waals surface area contributed by atoms with Gasteiger partial charge in [-0.05, 0) is 13.0 Å². The Morgan fingerprint density at radius 3 is 3.00 bits per heavy atom. The minimum atomic E-state index is 1.28. The number of rotatable bonds is 3. The molecule has 0 amide bonds. The van der Waals surface area contributed by atoms with Crippen LogP contribution in [-0.2, 0) is 0 Å². The fourth-order valence-corrected chi connectivity index (χ4v) is 2.04. The van der Waals surface area contributed by atoms with Crippen molar-refractivity contribution >= 4 is 11.8 Å². The third-order valence-electron chi connectivity index (χ3n) is 1.65. The average Bonchev–Trinajstić information content (AvgIpc) is 2.34. The molecule has 0 aliphatic carbocycles. The Kier molecular flexibility index (Phi) is 3.44. The molecule has 2 heteroatoms. The van der Waals surface area contributed by atoms with Crippen LogP contribution >= 0.6 is 11.8 Å². The van der Waals surface area contributed by atoms with E-state index in [1.54, 1.807) is 0 Å². The molecule has 0 aromatic carbocycles. The van der Waals surface area contributed by atoms with E-state index in [0.717, 1.165) is 0 Å². The van der Waals surface area contributed by atoms with Crippen LogP contribution in [0.3, 0.4) is 0 Å². The van der Waals surface area contributed by atoms with Crippen molar-refractivity contribution in [2.45, 2.75) is 19.8 Å². The lowest BCUT2D eigenvalue weighted by atomic mass is 10.3. The number of hydrogen-bond acceptors (Lipinski definition) is 2. The third kappa shape index (κ3) is 2.59. The Morgan fingerprint density at radius 2 is 2.44 bits per heavy atom. The van der Waals surface area contributed by atoms with Gasteiger partial charge in [-0.15, -0.1) is 11.8 Å². The topological polar surface area (TPSA) is 3.24 Å². The lowest BCUT2D eigenvalue weighted by Crippen LogP contribution is -2.20. The van der Waals surface area contributed by atoms with Gasteiger partial charge in [0, 0.05) is 18.2 Å². The highest BCUT2D eigenvalue weighted by Gasteiger charge is 2.09. The zero-order valence-electron chi connectivity index (χ0n) is 6.10. The fourth-order valence-electron chi connectivity index (χ4n) is 1.01. The minimum Gasteiger partial charge on any atom is -0.293 e. The van der Waals surface area contributed by atoms with E-state index in [0.29, 0.717) is 0 Å². The summed E-state index contributed by atoms with van der Waals surface area (Å²) in [4.78, 5) is 2.54. The van der Waals surface area contributed by atoms with Gasteiger partial charge >= 0.3 is 0 Å². The number of unbranched alkanes of at least 4 members (excludes halogenated alkanes) is 1. The molecular formula is C7H15NS. The van der Waals surface area contributed by atoms with E-state index in [-0.39, 0.29) is 0 Å². The second kappa shape index (κ2) is 4.18. The molecule has 1 aliphatic rings. The Hall–Kier alpha value is 0.310. The highest BCUT2D eigenvalue weighted by molar-refractivity contribution is 7.99. The summed E-state index contributed by atoms with van der Waals surface area (Å²) in [6, 6.07) is 0. The first-order valence-corrected chi connectivity index (χ1v) is 4.89. The van der Waals surface area contributed by atoms with E-state index < -0.39 is 0 Å². The number of hydrogen-bond donors (Lipinski definition) is 0. The molecule has 0 bridgehead atoms. The molecule has 54 valence electrons. The summed E-state index contributed by atoms with van der Waals surface area (Å²) in [6.45, 7) is 4.90. The third-order valence-corrected chi connectivity index (χ3v) is 2.67. The maximum Gasteiger partial charge on any atom is 0.0445 e. The summed E-state index contributed by atoms with van der Waals surface area (Å²) in [5, 5.41) is 0. The maximum absolute atomic E-state index is 2.54. The first-order chi connectivity index (χ1) is 4.43. The van der Waals surface area contributed by atoms with Crippen LogP contribution in [-0.4, -0.2) is 29.6 Å². The standard InChI is InChI=1S/C7H15NS/c1-2-3-4-8-5-6-9-7-8/h2-7H2,1H3. The summed E-state index contributed by atoms with van der Waals surface area (Å²) < 4.78 is 0. The largest absolute Gasteiger partial charge is 0.293 e. The normalized spacial score (nSPS) is 21.0. The van der Waals surface area contributed by atoms with E-state index in [4.69, 9.17) is 0 Å². The monoisotopic (exact) mass is 145 g/mol. The predicted molar refractivity (Wildman–Crippen MR) is 43.8 cm³/mol. The molecule has 0 unspecified atom stereocenters. The van der Waals surface area contributed by atoms with Crippen molar-refractivity contribution in [3.8, 4) is 0 Å². The van der Waals surface area contributed by atoms with E-state index in [2.05, 4.69) is 23.6 Å². The molecule has 1 heterocycles. The van der Waals surface area contributed by atoms with Gasteiger partial charge in [-0.25, -0.2) is 0 Å². The molecular weight excluding hydrogens is 130 g/mol. The minimum absolute atomic E-state index is 1.28. The summed E-state index contributed by atoms with van der Waals surface area (Å²) in [7, 11) is 0. The second-order valence-corrected chi connectivity index (χ2v) is 3.58. The van der Waals surface area contributed by atoms with Crippen molar-refractivity contribution in [1.82, 2.24) is 4.90 Å². The van der Waals surface area contributed by atoms with Crippen LogP contribution < -0.4 is 0 Å². The van der Waals surface area contributed by atoms with E-state index in [1.807, 2.05) is 0 Å². The van der Waals surface area contributed by atoms with Gasteiger partial charge in [0.15, 0.2) is 0 Å². The van der Waals surface area contributed by atoms with Gasteiger partial charge in [-0.1, -0.05) is 13.3 Å².